The molecule has 0 bridgehead atoms. The Morgan fingerprint density at radius 1 is 1.09 bits per heavy atom. The van der Waals surface area contributed by atoms with Crippen molar-refractivity contribution in [1.82, 2.24) is 4.72 Å². The first-order valence-electron chi connectivity index (χ1n) is 6.47. The number of Topliss-reactive ketones (excluding diaryl/α,β-unsaturated/α-hetero) is 1. The fourth-order valence-electron chi connectivity index (χ4n) is 1.87. The maximum atomic E-state index is 12.4. The Kier molecular flexibility index (Phi) is 6.22. The van der Waals surface area contributed by atoms with Gasteiger partial charge in [0.15, 0.2) is 5.78 Å². The third-order valence-electron chi connectivity index (χ3n) is 3.04. The Morgan fingerprint density at radius 3 is 2.35 bits per heavy atom. The van der Waals surface area contributed by atoms with Gasteiger partial charge in [-0.05, 0) is 17.7 Å². The molecule has 4 nitrogen and oxygen atoms in total. The fraction of sp³-hybridized carbons (Fsp3) is 0.133. The third-order valence-corrected chi connectivity index (χ3v) is 5.73. The Morgan fingerprint density at radius 2 is 1.74 bits per heavy atom. The molecule has 0 aromatic heterocycles. The van der Waals surface area contributed by atoms with Crippen molar-refractivity contribution in [2.75, 3.05) is 5.33 Å². The quantitative estimate of drug-likeness (QED) is 0.548. The minimum Gasteiger partial charge on any atom is -0.293 e. The average molecular weight is 437 g/mol. The van der Waals surface area contributed by atoms with Crippen LogP contribution in [0, 0.1) is 0 Å². The highest BCUT2D eigenvalue weighted by Crippen LogP contribution is 2.29. The SMILES string of the molecule is O=C(CBr)c1cc(S(=O)(=O)NCc2ccccc2)c(Cl)cc1Cl. The van der Waals surface area contributed by atoms with Gasteiger partial charge in [-0.1, -0.05) is 69.5 Å². The van der Waals surface area contributed by atoms with Gasteiger partial charge in [0.2, 0.25) is 10.0 Å². The van der Waals surface area contributed by atoms with E-state index in [0.29, 0.717) is 0 Å². The lowest BCUT2D eigenvalue weighted by Gasteiger charge is -2.11. The van der Waals surface area contributed by atoms with E-state index in [-0.39, 0.29) is 38.2 Å². The van der Waals surface area contributed by atoms with E-state index >= 15 is 0 Å². The van der Waals surface area contributed by atoms with Crippen molar-refractivity contribution in [3.8, 4) is 0 Å². The maximum absolute atomic E-state index is 12.4. The molecule has 0 saturated heterocycles. The molecule has 23 heavy (non-hydrogen) atoms. The molecule has 0 spiro atoms. The topological polar surface area (TPSA) is 63.2 Å². The molecule has 0 heterocycles. The largest absolute Gasteiger partial charge is 0.293 e. The molecule has 0 radical (unpaired) electrons. The summed E-state index contributed by atoms with van der Waals surface area (Å²) < 4.78 is 27.3. The number of rotatable bonds is 6. The van der Waals surface area contributed by atoms with Gasteiger partial charge in [-0.15, -0.1) is 0 Å². The Bertz CT molecular complexity index is 826. The van der Waals surface area contributed by atoms with Gasteiger partial charge in [-0.2, -0.15) is 0 Å². The lowest BCUT2D eigenvalue weighted by molar-refractivity contribution is 0.102. The number of carbonyl (C=O) groups is 1. The van der Waals surface area contributed by atoms with E-state index in [4.69, 9.17) is 23.2 Å². The summed E-state index contributed by atoms with van der Waals surface area (Å²) in [5, 5.41) is 0.105. The molecule has 0 atom stereocenters. The smallest absolute Gasteiger partial charge is 0.242 e. The van der Waals surface area contributed by atoms with Crippen LogP contribution in [0.1, 0.15) is 15.9 Å². The molecule has 0 amide bonds. The second kappa shape index (κ2) is 7.77. The molecule has 0 fully saturated rings. The van der Waals surface area contributed by atoms with Crippen LogP contribution in [0.3, 0.4) is 0 Å². The standard InChI is InChI=1S/C15H12BrCl2NO3S/c16-8-14(20)11-6-15(13(18)7-12(11)17)23(21,22)19-9-10-4-2-1-3-5-10/h1-7,19H,8-9H2. The van der Waals surface area contributed by atoms with Crippen LogP contribution in [0.25, 0.3) is 0 Å². The van der Waals surface area contributed by atoms with E-state index in [1.165, 1.54) is 12.1 Å². The van der Waals surface area contributed by atoms with Crippen LogP contribution in [-0.2, 0) is 16.6 Å². The zero-order valence-electron chi connectivity index (χ0n) is 11.7. The minimum absolute atomic E-state index is 0.0330. The summed E-state index contributed by atoms with van der Waals surface area (Å²) in [5.74, 6) is -0.328. The highest BCUT2D eigenvalue weighted by atomic mass is 79.9. The second-order valence-electron chi connectivity index (χ2n) is 4.63. The first-order chi connectivity index (χ1) is 10.8. The van der Waals surface area contributed by atoms with Gasteiger partial charge in [-0.3, -0.25) is 4.79 Å². The van der Waals surface area contributed by atoms with Crippen LogP contribution < -0.4 is 4.72 Å². The number of alkyl halides is 1. The molecule has 0 unspecified atom stereocenters. The normalized spacial score (nSPS) is 11.4. The van der Waals surface area contributed by atoms with Crippen molar-refractivity contribution < 1.29 is 13.2 Å². The molecule has 8 heteroatoms. The van der Waals surface area contributed by atoms with Crippen LogP contribution in [0.15, 0.2) is 47.4 Å². The van der Waals surface area contributed by atoms with Gasteiger partial charge in [0.05, 0.1) is 15.4 Å². The van der Waals surface area contributed by atoms with Gasteiger partial charge in [-0.25, -0.2) is 13.1 Å². The Balaban J connectivity index is 2.33. The third kappa shape index (κ3) is 4.55. The van der Waals surface area contributed by atoms with Crippen molar-refractivity contribution in [3.05, 3.63) is 63.6 Å². The van der Waals surface area contributed by atoms with Gasteiger partial charge in [0.25, 0.3) is 0 Å². The summed E-state index contributed by atoms with van der Waals surface area (Å²) in [5.41, 5.74) is 0.908. The number of sulfonamides is 1. The summed E-state index contributed by atoms with van der Waals surface area (Å²) in [6, 6.07) is 11.5. The van der Waals surface area contributed by atoms with Crippen molar-refractivity contribution in [1.29, 1.82) is 0 Å². The molecule has 0 aliphatic carbocycles. The molecule has 0 aliphatic rings. The second-order valence-corrected chi connectivity index (χ2v) is 7.74. The molecule has 2 rings (SSSR count). The zero-order valence-corrected chi connectivity index (χ0v) is 15.6. The first-order valence-corrected chi connectivity index (χ1v) is 9.83. The zero-order chi connectivity index (χ0) is 17.0. The highest BCUT2D eigenvalue weighted by molar-refractivity contribution is 9.09. The van der Waals surface area contributed by atoms with Crippen molar-refractivity contribution >= 4 is 54.9 Å². The summed E-state index contributed by atoms with van der Waals surface area (Å²) in [6.45, 7) is 0.115. The number of benzene rings is 2. The lowest BCUT2D eigenvalue weighted by Crippen LogP contribution is -2.24. The first kappa shape index (κ1) is 18.4. The van der Waals surface area contributed by atoms with Crippen LogP contribution in [0.5, 0.6) is 0 Å². The number of nitrogens with one attached hydrogen (secondary N) is 1. The van der Waals surface area contributed by atoms with E-state index in [9.17, 15) is 13.2 Å². The summed E-state index contributed by atoms with van der Waals surface area (Å²) in [6.07, 6.45) is 0. The van der Waals surface area contributed by atoms with E-state index in [0.717, 1.165) is 5.56 Å². The summed E-state index contributed by atoms with van der Waals surface area (Å²) in [4.78, 5) is 11.6. The van der Waals surface area contributed by atoms with Gasteiger partial charge in [0.1, 0.15) is 4.90 Å². The number of hydrogen-bond donors (Lipinski definition) is 1. The molecule has 0 aliphatic heterocycles. The summed E-state index contributed by atoms with van der Waals surface area (Å²) >= 11 is 15.0. The molecule has 122 valence electrons. The average Bonchev–Trinajstić information content (AvgIpc) is 2.53. The molecule has 2 aromatic rings. The van der Waals surface area contributed by atoms with Gasteiger partial charge < -0.3 is 0 Å². The predicted molar refractivity (Wildman–Crippen MR) is 95.1 cm³/mol. The number of ketones is 1. The van der Waals surface area contributed by atoms with E-state index in [1.54, 1.807) is 12.1 Å². The predicted octanol–water partition coefficient (Wildman–Crippen LogP) is 4.05. The maximum Gasteiger partial charge on any atom is 0.242 e. The van der Waals surface area contributed by atoms with E-state index < -0.39 is 10.0 Å². The Hall–Kier alpha value is -0.920. The molecule has 2 aromatic carbocycles. The highest BCUT2D eigenvalue weighted by Gasteiger charge is 2.22. The molecular weight excluding hydrogens is 425 g/mol. The fourth-order valence-corrected chi connectivity index (χ4v) is 4.07. The van der Waals surface area contributed by atoms with Crippen LogP contribution >= 0.6 is 39.1 Å². The van der Waals surface area contributed by atoms with Crippen LogP contribution in [0.4, 0.5) is 0 Å². The van der Waals surface area contributed by atoms with E-state index in [2.05, 4.69) is 20.7 Å². The van der Waals surface area contributed by atoms with Gasteiger partial charge >= 0.3 is 0 Å². The van der Waals surface area contributed by atoms with Crippen LogP contribution in [0.2, 0.25) is 10.0 Å². The lowest BCUT2D eigenvalue weighted by atomic mass is 10.1. The monoisotopic (exact) mass is 435 g/mol. The Labute approximate surface area is 153 Å². The molecule has 1 N–H and O–H groups in total. The van der Waals surface area contributed by atoms with Crippen molar-refractivity contribution in [3.63, 3.8) is 0 Å². The summed E-state index contributed by atoms with van der Waals surface area (Å²) in [7, 11) is -3.88. The minimum atomic E-state index is -3.88. The van der Waals surface area contributed by atoms with Crippen LogP contribution in [-0.4, -0.2) is 19.5 Å². The van der Waals surface area contributed by atoms with Crippen molar-refractivity contribution in [2.45, 2.75) is 11.4 Å². The number of halogens is 3. The molecule has 0 saturated carbocycles. The number of carbonyl (C=O) groups excluding carboxylic acids is 1. The number of hydrogen-bond acceptors (Lipinski definition) is 3. The van der Waals surface area contributed by atoms with Crippen molar-refractivity contribution in [2.24, 2.45) is 0 Å². The van der Waals surface area contributed by atoms with Gasteiger partial charge in [0, 0.05) is 12.1 Å². The molecular formula is C15H12BrCl2NO3S. The van der Waals surface area contributed by atoms with E-state index in [1.807, 2.05) is 18.2 Å².